The van der Waals surface area contributed by atoms with Gasteiger partial charge in [0.2, 0.25) is 0 Å². The van der Waals surface area contributed by atoms with Crippen LogP contribution >= 0.6 is 0 Å². The first-order chi connectivity index (χ1) is 7.36. The van der Waals surface area contributed by atoms with Gasteiger partial charge in [0.25, 0.3) is 0 Å². The van der Waals surface area contributed by atoms with E-state index in [2.05, 4.69) is 20.4 Å². The third-order valence-corrected chi connectivity index (χ3v) is 3.08. The van der Waals surface area contributed by atoms with Gasteiger partial charge < -0.3 is 0 Å². The molecule has 0 aliphatic carbocycles. The molecular formula is C15H21F. The zero-order chi connectivity index (χ0) is 12.5. The summed E-state index contributed by atoms with van der Waals surface area (Å²) in [6.45, 7) is 14.0. The summed E-state index contributed by atoms with van der Waals surface area (Å²) in [5.74, 6) is 0.498. The van der Waals surface area contributed by atoms with Crippen LogP contribution in [0.2, 0.25) is 0 Å². The van der Waals surface area contributed by atoms with Crippen molar-refractivity contribution in [3.63, 3.8) is 0 Å². The van der Waals surface area contributed by atoms with Crippen LogP contribution in [0.25, 0.3) is 5.57 Å². The van der Waals surface area contributed by atoms with Gasteiger partial charge in [-0.05, 0) is 41.0 Å². The van der Waals surface area contributed by atoms with Crippen molar-refractivity contribution in [3.8, 4) is 0 Å². The molecule has 0 nitrogen and oxygen atoms in total. The van der Waals surface area contributed by atoms with Gasteiger partial charge in [0, 0.05) is 0 Å². The van der Waals surface area contributed by atoms with E-state index in [-0.39, 0.29) is 11.7 Å². The quantitative estimate of drug-likeness (QED) is 0.677. The molecule has 1 rings (SSSR count). The molecule has 0 unspecified atom stereocenters. The Kier molecular flexibility index (Phi) is 3.90. The molecule has 0 fully saturated rings. The third-order valence-electron chi connectivity index (χ3n) is 3.08. The van der Waals surface area contributed by atoms with E-state index in [1.165, 1.54) is 0 Å². The Labute approximate surface area is 98.2 Å². The van der Waals surface area contributed by atoms with E-state index in [1.807, 2.05) is 32.9 Å². The minimum Gasteiger partial charge on any atom is -0.206 e. The predicted octanol–water partition coefficient (Wildman–Crippen LogP) is 4.93. The molecule has 1 heteroatoms. The molecule has 88 valence electrons. The Hall–Kier alpha value is -1.11. The lowest BCUT2D eigenvalue weighted by Crippen LogP contribution is -2.02. The maximum atomic E-state index is 14.1. The van der Waals surface area contributed by atoms with E-state index in [0.717, 1.165) is 22.3 Å². The fraction of sp³-hybridized carbons (Fsp3) is 0.467. The first-order valence-electron chi connectivity index (χ1n) is 5.84. The molecule has 0 spiro atoms. The fourth-order valence-corrected chi connectivity index (χ4v) is 1.81. The van der Waals surface area contributed by atoms with Crippen molar-refractivity contribution in [2.24, 2.45) is 5.92 Å². The molecule has 0 aliphatic rings. The number of benzene rings is 1. The highest BCUT2D eigenvalue weighted by molar-refractivity contribution is 5.68. The van der Waals surface area contributed by atoms with Crippen LogP contribution in [0.1, 0.15) is 50.3 Å². The van der Waals surface area contributed by atoms with Crippen LogP contribution in [0.5, 0.6) is 0 Å². The van der Waals surface area contributed by atoms with Gasteiger partial charge >= 0.3 is 0 Å². The molecule has 0 atom stereocenters. The van der Waals surface area contributed by atoms with Gasteiger partial charge in [0.1, 0.15) is 5.82 Å². The minimum absolute atomic E-state index is 0.0747. The smallest absolute Gasteiger partial charge is 0.130 e. The predicted molar refractivity (Wildman–Crippen MR) is 69.1 cm³/mol. The van der Waals surface area contributed by atoms with Gasteiger partial charge in [0.05, 0.1) is 0 Å². The molecule has 0 radical (unpaired) electrons. The summed E-state index contributed by atoms with van der Waals surface area (Å²) in [6.07, 6.45) is 0. The molecule has 1 aromatic carbocycles. The van der Waals surface area contributed by atoms with Crippen LogP contribution in [-0.2, 0) is 0 Å². The van der Waals surface area contributed by atoms with Gasteiger partial charge in [-0.2, -0.15) is 0 Å². The van der Waals surface area contributed by atoms with E-state index in [4.69, 9.17) is 0 Å². The number of hydrogen-bond donors (Lipinski definition) is 0. The second-order valence-corrected chi connectivity index (χ2v) is 4.98. The van der Waals surface area contributed by atoms with Crippen molar-refractivity contribution in [1.82, 2.24) is 0 Å². The van der Waals surface area contributed by atoms with Crippen LogP contribution in [0, 0.1) is 18.7 Å². The molecule has 0 heterocycles. The van der Waals surface area contributed by atoms with Crippen molar-refractivity contribution in [3.05, 3.63) is 41.2 Å². The highest BCUT2D eigenvalue weighted by Gasteiger charge is 2.14. The highest BCUT2D eigenvalue weighted by Crippen LogP contribution is 2.29. The maximum absolute atomic E-state index is 14.1. The van der Waals surface area contributed by atoms with Crippen LogP contribution < -0.4 is 0 Å². The summed E-state index contributed by atoms with van der Waals surface area (Å²) < 4.78 is 14.1. The lowest BCUT2D eigenvalue weighted by Gasteiger charge is -2.16. The van der Waals surface area contributed by atoms with Crippen molar-refractivity contribution < 1.29 is 4.39 Å². The Morgan fingerprint density at radius 1 is 1.19 bits per heavy atom. The maximum Gasteiger partial charge on any atom is 0.130 e. The average molecular weight is 220 g/mol. The molecule has 0 amide bonds. The molecule has 0 saturated heterocycles. The van der Waals surface area contributed by atoms with E-state index >= 15 is 0 Å². The summed E-state index contributed by atoms with van der Waals surface area (Å²) in [5, 5.41) is 0. The van der Waals surface area contributed by atoms with Crippen LogP contribution in [0.15, 0.2) is 18.7 Å². The molecule has 0 bridgehead atoms. The summed E-state index contributed by atoms with van der Waals surface area (Å²) in [7, 11) is 0. The summed E-state index contributed by atoms with van der Waals surface area (Å²) >= 11 is 0. The topological polar surface area (TPSA) is 0 Å². The van der Waals surface area contributed by atoms with Gasteiger partial charge in [-0.3, -0.25) is 0 Å². The van der Waals surface area contributed by atoms with Crippen LogP contribution in [-0.4, -0.2) is 0 Å². The van der Waals surface area contributed by atoms with Crippen molar-refractivity contribution in [1.29, 1.82) is 0 Å². The lowest BCUT2D eigenvalue weighted by molar-refractivity contribution is 0.588. The standard InChI is InChI=1S/C15H21F/c1-9(2)11(5)14-8-7-13(10(3)4)15(16)12(14)6/h7-10H,5H2,1-4,6H3. The molecule has 1 aromatic rings. The second-order valence-electron chi connectivity index (χ2n) is 4.98. The molecule has 16 heavy (non-hydrogen) atoms. The molecule has 0 aliphatic heterocycles. The molecular weight excluding hydrogens is 199 g/mol. The zero-order valence-electron chi connectivity index (χ0n) is 10.9. The number of halogens is 1. The Balaban J connectivity index is 3.27. The Morgan fingerprint density at radius 3 is 2.19 bits per heavy atom. The van der Waals surface area contributed by atoms with Gasteiger partial charge in [-0.25, -0.2) is 4.39 Å². The van der Waals surface area contributed by atoms with Crippen molar-refractivity contribution >= 4 is 5.57 Å². The highest BCUT2D eigenvalue weighted by atomic mass is 19.1. The lowest BCUT2D eigenvalue weighted by atomic mass is 9.90. The normalized spacial score (nSPS) is 11.2. The first kappa shape index (κ1) is 13.0. The Bertz CT molecular complexity index is 400. The second kappa shape index (κ2) is 4.82. The van der Waals surface area contributed by atoms with E-state index in [9.17, 15) is 4.39 Å². The van der Waals surface area contributed by atoms with Gasteiger partial charge in [-0.15, -0.1) is 0 Å². The SMILES string of the molecule is C=C(c1ccc(C(C)C)c(F)c1C)C(C)C. The number of allylic oxidation sites excluding steroid dienone is 1. The van der Waals surface area contributed by atoms with Crippen LogP contribution in [0.3, 0.4) is 0 Å². The molecule has 0 aromatic heterocycles. The van der Waals surface area contributed by atoms with Gasteiger partial charge in [-0.1, -0.05) is 46.4 Å². The Morgan fingerprint density at radius 2 is 1.75 bits per heavy atom. The number of rotatable bonds is 3. The van der Waals surface area contributed by atoms with E-state index in [0.29, 0.717) is 5.92 Å². The number of hydrogen-bond acceptors (Lipinski definition) is 0. The van der Waals surface area contributed by atoms with Crippen molar-refractivity contribution in [2.75, 3.05) is 0 Å². The third kappa shape index (κ3) is 2.34. The average Bonchev–Trinajstić information content (AvgIpc) is 2.20. The van der Waals surface area contributed by atoms with E-state index in [1.54, 1.807) is 0 Å². The molecule has 0 saturated carbocycles. The van der Waals surface area contributed by atoms with E-state index < -0.39 is 0 Å². The largest absolute Gasteiger partial charge is 0.206 e. The monoisotopic (exact) mass is 220 g/mol. The fourth-order valence-electron chi connectivity index (χ4n) is 1.81. The van der Waals surface area contributed by atoms with Gasteiger partial charge in [0.15, 0.2) is 0 Å². The summed E-state index contributed by atoms with van der Waals surface area (Å²) in [4.78, 5) is 0. The first-order valence-corrected chi connectivity index (χ1v) is 5.84. The van der Waals surface area contributed by atoms with Crippen LogP contribution in [0.4, 0.5) is 4.39 Å². The summed E-state index contributed by atoms with van der Waals surface area (Å²) in [5.41, 5.74) is 3.48. The minimum atomic E-state index is -0.0747. The zero-order valence-corrected chi connectivity index (χ0v) is 10.9. The molecule has 0 N–H and O–H groups in total. The summed E-state index contributed by atoms with van der Waals surface area (Å²) in [6, 6.07) is 3.88. The van der Waals surface area contributed by atoms with Crippen molar-refractivity contribution in [2.45, 2.75) is 40.5 Å².